The molecule has 0 amide bonds. The fourth-order valence-corrected chi connectivity index (χ4v) is 1.63. The smallest absolute Gasteiger partial charge is 0.0364 e. The lowest BCUT2D eigenvalue weighted by molar-refractivity contribution is 0.555. The van der Waals surface area contributed by atoms with Crippen LogP contribution in [0.25, 0.3) is 0 Å². The second-order valence-electron chi connectivity index (χ2n) is 4.85. The van der Waals surface area contributed by atoms with Crippen molar-refractivity contribution in [2.24, 2.45) is 0 Å². The van der Waals surface area contributed by atoms with E-state index >= 15 is 0 Å². The first-order valence-electron chi connectivity index (χ1n) is 6.30. The molecule has 3 nitrogen and oxygen atoms in total. The first kappa shape index (κ1) is 14.0. The monoisotopic (exact) mass is 235 g/mol. The largest absolute Gasteiger partial charge is 0.378 e. The zero-order chi connectivity index (χ0) is 12.7. The summed E-state index contributed by atoms with van der Waals surface area (Å²) < 4.78 is 0. The van der Waals surface area contributed by atoms with Crippen molar-refractivity contribution in [3.63, 3.8) is 0 Å². The molecule has 0 saturated heterocycles. The summed E-state index contributed by atoms with van der Waals surface area (Å²) in [7, 11) is 4.14. The zero-order valence-corrected chi connectivity index (χ0v) is 11.5. The molecular formula is C14H25N3. The standard InChI is InChI=1S/C14H25N3/c1-12(2)16-9-8-15-11-13-6-5-7-14(10-13)17(3)4/h5-7,10,12,15-16H,8-9,11H2,1-4H3. The average Bonchev–Trinajstić information content (AvgIpc) is 2.28. The van der Waals surface area contributed by atoms with Gasteiger partial charge in [-0.15, -0.1) is 0 Å². The highest BCUT2D eigenvalue weighted by Gasteiger charge is 1.97. The Morgan fingerprint density at radius 1 is 1.18 bits per heavy atom. The summed E-state index contributed by atoms with van der Waals surface area (Å²) in [5, 5.41) is 6.83. The molecule has 3 heteroatoms. The maximum Gasteiger partial charge on any atom is 0.0364 e. The van der Waals surface area contributed by atoms with Crippen LogP contribution in [0.4, 0.5) is 5.69 Å². The van der Waals surface area contributed by atoms with E-state index in [0.29, 0.717) is 6.04 Å². The molecule has 0 heterocycles. The third-order valence-corrected chi connectivity index (χ3v) is 2.61. The van der Waals surface area contributed by atoms with Crippen LogP contribution in [-0.2, 0) is 6.54 Å². The van der Waals surface area contributed by atoms with E-state index in [2.05, 4.69) is 67.7 Å². The van der Waals surface area contributed by atoms with Crippen LogP contribution >= 0.6 is 0 Å². The van der Waals surface area contributed by atoms with E-state index < -0.39 is 0 Å². The summed E-state index contributed by atoms with van der Waals surface area (Å²) in [4.78, 5) is 2.13. The zero-order valence-electron chi connectivity index (χ0n) is 11.5. The molecule has 0 aliphatic carbocycles. The van der Waals surface area contributed by atoms with Gasteiger partial charge in [0.2, 0.25) is 0 Å². The van der Waals surface area contributed by atoms with Gasteiger partial charge in [-0.3, -0.25) is 0 Å². The molecule has 1 rings (SSSR count). The molecule has 1 aromatic rings. The second kappa shape index (κ2) is 7.30. The van der Waals surface area contributed by atoms with Crippen LogP contribution in [0.3, 0.4) is 0 Å². The summed E-state index contributed by atoms with van der Waals surface area (Å²) in [5.74, 6) is 0. The van der Waals surface area contributed by atoms with Gasteiger partial charge in [0.05, 0.1) is 0 Å². The lowest BCUT2D eigenvalue weighted by Gasteiger charge is -2.14. The summed E-state index contributed by atoms with van der Waals surface area (Å²) in [6.07, 6.45) is 0. The van der Waals surface area contributed by atoms with Gasteiger partial charge in [0.25, 0.3) is 0 Å². The van der Waals surface area contributed by atoms with Crippen LogP contribution in [0.1, 0.15) is 19.4 Å². The minimum Gasteiger partial charge on any atom is -0.378 e. The second-order valence-corrected chi connectivity index (χ2v) is 4.85. The van der Waals surface area contributed by atoms with Crippen LogP contribution in [0.15, 0.2) is 24.3 Å². The Morgan fingerprint density at radius 2 is 1.94 bits per heavy atom. The normalized spacial score (nSPS) is 10.9. The maximum absolute atomic E-state index is 3.44. The minimum atomic E-state index is 0.564. The Kier molecular flexibility index (Phi) is 6.01. The number of rotatable bonds is 7. The van der Waals surface area contributed by atoms with Crippen LogP contribution < -0.4 is 15.5 Å². The van der Waals surface area contributed by atoms with Crippen molar-refractivity contribution in [3.05, 3.63) is 29.8 Å². The van der Waals surface area contributed by atoms with Crippen molar-refractivity contribution >= 4 is 5.69 Å². The van der Waals surface area contributed by atoms with Crippen molar-refractivity contribution in [1.82, 2.24) is 10.6 Å². The van der Waals surface area contributed by atoms with E-state index in [1.165, 1.54) is 11.3 Å². The van der Waals surface area contributed by atoms with Gasteiger partial charge in [-0.05, 0) is 17.7 Å². The van der Waals surface area contributed by atoms with Gasteiger partial charge in [0, 0.05) is 45.5 Å². The highest BCUT2D eigenvalue weighted by atomic mass is 15.1. The van der Waals surface area contributed by atoms with Crippen LogP contribution in [0, 0.1) is 0 Å². The molecule has 0 fully saturated rings. The van der Waals surface area contributed by atoms with Crippen molar-refractivity contribution in [2.45, 2.75) is 26.4 Å². The molecule has 17 heavy (non-hydrogen) atoms. The van der Waals surface area contributed by atoms with Gasteiger partial charge < -0.3 is 15.5 Å². The van der Waals surface area contributed by atoms with Crippen LogP contribution in [0.5, 0.6) is 0 Å². The lowest BCUT2D eigenvalue weighted by Crippen LogP contribution is -2.31. The van der Waals surface area contributed by atoms with E-state index in [1.54, 1.807) is 0 Å². The van der Waals surface area contributed by atoms with Crippen LogP contribution in [0.2, 0.25) is 0 Å². The van der Waals surface area contributed by atoms with Gasteiger partial charge in [-0.1, -0.05) is 26.0 Å². The summed E-state index contributed by atoms with van der Waals surface area (Å²) in [6.45, 7) is 7.29. The van der Waals surface area contributed by atoms with Crippen LogP contribution in [-0.4, -0.2) is 33.2 Å². The summed E-state index contributed by atoms with van der Waals surface area (Å²) in [6, 6.07) is 9.19. The van der Waals surface area contributed by atoms with Gasteiger partial charge in [0.15, 0.2) is 0 Å². The molecule has 96 valence electrons. The SMILES string of the molecule is CC(C)NCCNCc1cccc(N(C)C)c1. The Morgan fingerprint density at radius 3 is 2.59 bits per heavy atom. The Bertz CT molecular complexity index is 321. The number of benzene rings is 1. The Labute approximate surface area is 105 Å². The molecule has 0 aliphatic rings. The quantitative estimate of drug-likeness (QED) is 0.706. The topological polar surface area (TPSA) is 27.3 Å². The number of hydrogen-bond donors (Lipinski definition) is 2. The fraction of sp³-hybridized carbons (Fsp3) is 0.571. The van der Waals surface area contributed by atoms with Gasteiger partial charge >= 0.3 is 0 Å². The predicted molar refractivity (Wildman–Crippen MR) is 75.6 cm³/mol. The molecule has 0 aliphatic heterocycles. The molecule has 0 saturated carbocycles. The maximum atomic E-state index is 3.44. The molecule has 0 atom stereocenters. The van der Waals surface area contributed by atoms with Crippen molar-refractivity contribution in [3.8, 4) is 0 Å². The van der Waals surface area contributed by atoms with Crippen molar-refractivity contribution < 1.29 is 0 Å². The third kappa shape index (κ3) is 5.71. The molecule has 0 bridgehead atoms. The summed E-state index contributed by atoms with van der Waals surface area (Å²) in [5.41, 5.74) is 2.59. The van der Waals surface area contributed by atoms with E-state index in [4.69, 9.17) is 0 Å². The molecule has 0 radical (unpaired) electrons. The number of nitrogens with zero attached hydrogens (tertiary/aromatic N) is 1. The lowest BCUT2D eigenvalue weighted by atomic mass is 10.2. The van der Waals surface area contributed by atoms with E-state index in [-0.39, 0.29) is 0 Å². The fourth-order valence-electron chi connectivity index (χ4n) is 1.63. The highest BCUT2D eigenvalue weighted by molar-refractivity contribution is 5.47. The molecule has 1 aromatic carbocycles. The van der Waals surface area contributed by atoms with Gasteiger partial charge in [0.1, 0.15) is 0 Å². The average molecular weight is 235 g/mol. The number of hydrogen-bond acceptors (Lipinski definition) is 3. The first-order valence-corrected chi connectivity index (χ1v) is 6.30. The Balaban J connectivity index is 2.29. The predicted octanol–water partition coefficient (Wildman–Crippen LogP) is 1.84. The first-order chi connectivity index (χ1) is 8.09. The molecule has 0 unspecified atom stereocenters. The molecule has 0 spiro atoms. The van der Waals surface area contributed by atoms with E-state index in [1.807, 2.05) is 0 Å². The number of nitrogens with one attached hydrogen (secondary N) is 2. The summed E-state index contributed by atoms with van der Waals surface area (Å²) >= 11 is 0. The van der Waals surface area contributed by atoms with Gasteiger partial charge in [-0.25, -0.2) is 0 Å². The highest BCUT2D eigenvalue weighted by Crippen LogP contribution is 2.12. The van der Waals surface area contributed by atoms with Crippen molar-refractivity contribution in [1.29, 1.82) is 0 Å². The molecule has 0 aromatic heterocycles. The third-order valence-electron chi connectivity index (χ3n) is 2.61. The van der Waals surface area contributed by atoms with E-state index in [9.17, 15) is 0 Å². The Hall–Kier alpha value is -1.06. The molecular weight excluding hydrogens is 210 g/mol. The van der Waals surface area contributed by atoms with Crippen molar-refractivity contribution in [2.75, 3.05) is 32.1 Å². The molecule has 2 N–H and O–H groups in total. The van der Waals surface area contributed by atoms with Gasteiger partial charge in [-0.2, -0.15) is 0 Å². The van der Waals surface area contributed by atoms with E-state index in [0.717, 1.165) is 19.6 Å². The minimum absolute atomic E-state index is 0.564. The number of anilines is 1.